The van der Waals surface area contributed by atoms with Crippen molar-refractivity contribution in [3.8, 4) is 0 Å². The minimum atomic E-state index is 0.484. The molecule has 0 radical (unpaired) electrons. The van der Waals surface area contributed by atoms with E-state index < -0.39 is 0 Å². The van der Waals surface area contributed by atoms with Gasteiger partial charge in [0.25, 0.3) is 0 Å². The number of anilines is 1. The van der Waals surface area contributed by atoms with Gasteiger partial charge in [0, 0.05) is 6.04 Å². The summed E-state index contributed by atoms with van der Waals surface area (Å²) in [6.45, 7) is 1.10. The molecule has 0 bridgehead atoms. The number of nitrogens with zero attached hydrogens (tertiary/aromatic N) is 2. The zero-order valence-electron chi connectivity index (χ0n) is 10.2. The predicted octanol–water partition coefficient (Wildman–Crippen LogP) is 1.63. The maximum atomic E-state index is 6.19. The molecular formula is C13H21N3. The van der Waals surface area contributed by atoms with Gasteiger partial charge in [0.1, 0.15) is 0 Å². The first-order chi connectivity index (χ1) is 7.68. The normalized spacial score (nSPS) is 20.0. The summed E-state index contributed by atoms with van der Waals surface area (Å²) in [5.74, 6) is 6.19. The molecule has 1 aromatic carbocycles. The van der Waals surface area contributed by atoms with Gasteiger partial charge in [0.05, 0.1) is 5.69 Å². The Kier molecular flexibility index (Phi) is 3.46. The van der Waals surface area contributed by atoms with Crippen LogP contribution in [0.2, 0.25) is 0 Å². The molecule has 16 heavy (non-hydrogen) atoms. The molecule has 0 fully saturated rings. The van der Waals surface area contributed by atoms with E-state index in [4.69, 9.17) is 5.84 Å². The lowest BCUT2D eigenvalue weighted by atomic mass is 9.95. The van der Waals surface area contributed by atoms with E-state index in [1.165, 1.54) is 17.7 Å². The average Bonchev–Trinajstić information content (AvgIpc) is 2.28. The van der Waals surface area contributed by atoms with Crippen LogP contribution in [0.25, 0.3) is 0 Å². The van der Waals surface area contributed by atoms with Crippen molar-refractivity contribution in [2.45, 2.75) is 25.3 Å². The fraction of sp³-hybridized carbons (Fsp3) is 0.538. The summed E-state index contributed by atoms with van der Waals surface area (Å²) in [5.41, 5.74) is 2.59. The Morgan fingerprint density at radius 2 is 2.12 bits per heavy atom. The monoisotopic (exact) mass is 219 g/mol. The zero-order chi connectivity index (χ0) is 11.5. The van der Waals surface area contributed by atoms with Crippen molar-refractivity contribution in [1.82, 2.24) is 4.90 Å². The molecule has 2 rings (SSSR count). The lowest BCUT2D eigenvalue weighted by molar-refractivity contribution is 0.364. The van der Waals surface area contributed by atoms with Crippen molar-refractivity contribution in [2.24, 2.45) is 5.84 Å². The van der Waals surface area contributed by atoms with Gasteiger partial charge in [-0.1, -0.05) is 18.2 Å². The summed E-state index contributed by atoms with van der Waals surface area (Å²) in [4.78, 5) is 2.22. The molecule has 1 aromatic rings. The first kappa shape index (κ1) is 11.4. The van der Waals surface area contributed by atoms with Crippen molar-refractivity contribution in [1.29, 1.82) is 0 Å². The molecule has 0 aliphatic carbocycles. The quantitative estimate of drug-likeness (QED) is 0.784. The molecule has 0 spiro atoms. The molecule has 1 aliphatic rings. The maximum absolute atomic E-state index is 6.19. The molecule has 1 unspecified atom stereocenters. The summed E-state index contributed by atoms with van der Waals surface area (Å²) in [5, 5.41) is 1.96. The fourth-order valence-electron chi connectivity index (χ4n) is 2.32. The van der Waals surface area contributed by atoms with Crippen LogP contribution < -0.4 is 10.9 Å². The van der Waals surface area contributed by atoms with Crippen molar-refractivity contribution in [3.05, 3.63) is 29.8 Å². The van der Waals surface area contributed by atoms with Crippen LogP contribution in [0.4, 0.5) is 5.69 Å². The molecule has 3 nitrogen and oxygen atoms in total. The number of para-hydroxylation sites is 1. The van der Waals surface area contributed by atoms with Crippen molar-refractivity contribution < 1.29 is 0 Å². The summed E-state index contributed by atoms with van der Waals surface area (Å²) in [6, 6.07) is 8.94. The minimum Gasteiger partial charge on any atom is -0.309 e. The number of hydrogen-bond acceptors (Lipinski definition) is 3. The van der Waals surface area contributed by atoms with Gasteiger partial charge >= 0.3 is 0 Å². The lowest BCUT2D eigenvalue weighted by Gasteiger charge is -2.35. The third-order valence-corrected chi connectivity index (χ3v) is 3.32. The third-order valence-electron chi connectivity index (χ3n) is 3.32. The highest BCUT2D eigenvalue weighted by Gasteiger charge is 2.23. The number of aryl methyl sites for hydroxylation is 1. The highest BCUT2D eigenvalue weighted by Crippen LogP contribution is 2.29. The maximum Gasteiger partial charge on any atom is 0.0552 e. The fourth-order valence-corrected chi connectivity index (χ4v) is 2.32. The van der Waals surface area contributed by atoms with Gasteiger partial charge < -0.3 is 9.91 Å². The van der Waals surface area contributed by atoms with Crippen molar-refractivity contribution in [3.63, 3.8) is 0 Å². The summed E-state index contributed by atoms with van der Waals surface area (Å²) < 4.78 is 0. The van der Waals surface area contributed by atoms with Crippen LogP contribution in [0.15, 0.2) is 24.3 Å². The Morgan fingerprint density at radius 3 is 2.88 bits per heavy atom. The molecule has 0 amide bonds. The topological polar surface area (TPSA) is 32.5 Å². The Hall–Kier alpha value is -1.06. The van der Waals surface area contributed by atoms with Gasteiger partial charge in [-0.2, -0.15) is 0 Å². The molecule has 3 heteroatoms. The minimum absolute atomic E-state index is 0.484. The van der Waals surface area contributed by atoms with Crippen LogP contribution in [-0.2, 0) is 6.42 Å². The number of hydrogen-bond donors (Lipinski definition) is 1. The van der Waals surface area contributed by atoms with Gasteiger partial charge in [0.15, 0.2) is 0 Å². The third kappa shape index (κ3) is 2.36. The van der Waals surface area contributed by atoms with Crippen LogP contribution in [0, 0.1) is 0 Å². The van der Waals surface area contributed by atoms with Gasteiger partial charge in [0.2, 0.25) is 0 Å². The van der Waals surface area contributed by atoms with E-state index in [9.17, 15) is 0 Å². The van der Waals surface area contributed by atoms with Crippen molar-refractivity contribution >= 4 is 5.69 Å². The molecule has 2 N–H and O–H groups in total. The lowest BCUT2D eigenvalue weighted by Crippen LogP contribution is -2.45. The molecule has 1 heterocycles. The Morgan fingerprint density at radius 1 is 1.38 bits per heavy atom. The summed E-state index contributed by atoms with van der Waals surface area (Å²) in [6.07, 6.45) is 3.46. The van der Waals surface area contributed by atoms with Crippen LogP contribution in [0.1, 0.15) is 18.4 Å². The van der Waals surface area contributed by atoms with Gasteiger partial charge in [-0.25, -0.2) is 5.84 Å². The highest BCUT2D eigenvalue weighted by molar-refractivity contribution is 5.55. The Bertz CT molecular complexity index is 349. The van der Waals surface area contributed by atoms with Crippen LogP contribution in [0.3, 0.4) is 0 Å². The second-order valence-corrected chi connectivity index (χ2v) is 4.82. The molecule has 1 aliphatic heterocycles. The first-order valence-corrected chi connectivity index (χ1v) is 5.95. The van der Waals surface area contributed by atoms with E-state index >= 15 is 0 Å². The van der Waals surface area contributed by atoms with Gasteiger partial charge in [-0.05, 0) is 51.5 Å². The molecule has 0 saturated heterocycles. The summed E-state index contributed by atoms with van der Waals surface area (Å²) >= 11 is 0. The Labute approximate surface area is 97.8 Å². The van der Waals surface area contributed by atoms with Gasteiger partial charge in [-0.3, -0.25) is 0 Å². The van der Waals surface area contributed by atoms with Crippen LogP contribution >= 0.6 is 0 Å². The molecule has 88 valence electrons. The molecule has 0 aromatic heterocycles. The van der Waals surface area contributed by atoms with Gasteiger partial charge in [-0.15, -0.1) is 0 Å². The SMILES string of the molecule is CN(C)CCC1CCc2ccccc2N1N. The van der Waals surface area contributed by atoms with E-state index in [2.05, 4.69) is 43.3 Å². The highest BCUT2D eigenvalue weighted by atomic mass is 15.4. The standard InChI is InChI=1S/C13H21N3/c1-15(2)10-9-12-8-7-11-5-3-4-6-13(11)16(12)14/h3-6,12H,7-10,14H2,1-2H3. The van der Waals surface area contributed by atoms with E-state index in [-0.39, 0.29) is 0 Å². The van der Waals surface area contributed by atoms with Crippen molar-refractivity contribution in [2.75, 3.05) is 25.6 Å². The average molecular weight is 219 g/mol. The van der Waals surface area contributed by atoms with Crippen LogP contribution in [-0.4, -0.2) is 31.6 Å². The van der Waals surface area contributed by atoms with E-state index in [1.54, 1.807) is 0 Å². The Balaban J connectivity index is 2.06. The van der Waals surface area contributed by atoms with E-state index in [0.29, 0.717) is 6.04 Å². The second kappa shape index (κ2) is 4.85. The number of nitrogens with two attached hydrogens (primary N) is 1. The van der Waals surface area contributed by atoms with E-state index in [0.717, 1.165) is 19.4 Å². The zero-order valence-corrected chi connectivity index (χ0v) is 10.2. The number of rotatable bonds is 3. The second-order valence-electron chi connectivity index (χ2n) is 4.82. The molecule has 0 saturated carbocycles. The number of fused-ring (bicyclic) bond motifs is 1. The number of hydrazine groups is 1. The molecule has 1 atom stereocenters. The first-order valence-electron chi connectivity index (χ1n) is 5.95. The summed E-state index contributed by atoms with van der Waals surface area (Å²) in [7, 11) is 4.22. The predicted molar refractivity (Wildman–Crippen MR) is 68.4 cm³/mol. The number of benzene rings is 1. The van der Waals surface area contributed by atoms with Crippen LogP contribution in [0.5, 0.6) is 0 Å². The smallest absolute Gasteiger partial charge is 0.0552 e. The van der Waals surface area contributed by atoms with E-state index in [1.807, 2.05) is 5.01 Å². The molecular weight excluding hydrogens is 198 g/mol. The largest absolute Gasteiger partial charge is 0.309 e.